The molecule has 0 fully saturated rings. The van der Waals surface area contributed by atoms with Gasteiger partial charge in [0.25, 0.3) is 0 Å². The summed E-state index contributed by atoms with van der Waals surface area (Å²) in [7, 11) is 10.0. The molecule has 0 atom stereocenters. The Bertz CT molecular complexity index is 2010. The maximum Gasteiger partial charge on any atom is 0.134 e. The first-order valence-electron chi connectivity index (χ1n) is 14.8. The van der Waals surface area contributed by atoms with Crippen LogP contribution in [0.3, 0.4) is 0 Å². The minimum absolute atomic E-state index is 0.669. The van der Waals surface area contributed by atoms with Crippen LogP contribution >= 0.6 is 34.0 Å². The van der Waals surface area contributed by atoms with Crippen molar-refractivity contribution in [1.82, 2.24) is 0 Å². The second-order valence-electron chi connectivity index (χ2n) is 10.6. The Morgan fingerprint density at radius 2 is 0.702 bits per heavy atom. The fourth-order valence-electron chi connectivity index (χ4n) is 5.97. The monoisotopic (exact) mass is 680 g/mol. The summed E-state index contributed by atoms with van der Waals surface area (Å²) < 4.78 is 39.8. The summed E-state index contributed by atoms with van der Waals surface area (Å²) in [6.45, 7) is 0. The Labute approximate surface area is 285 Å². The molecular formula is C38H32O6S3. The van der Waals surface area contributed by atoms with Gasteiger partial charge in [0.15, 0.2) is 0 Å². The molecule has 7 rings (SSSR count). The smallest absolute Gasteiger partial charge is 0.134 e. The topological polar surface area (TPSA) is 55.4 Å². The predicted octanol–water partition coefficient (Wildman–Crippen LogP) is 10.9. The van der Waals surface area contributed by atoms with E-state index in [9.17, 15) is 0 Å². The molecule has 0 saturated heterocycles. The number of benzene rings is 4. The van der Waals surface area contributed by atoms with Gasteiger partial charge in [0.05, 0.1) is 82.3 Å². The van der Waals surface area contributed by atoms with Crippen LogP contribution in [0.15, 0.2) is 84.9 Å². The lowest BCUT2D eigenvalue weighted by molar-refractivity contribution is 0.377. The Balaban J connectivity index is 1.60. The van der Waals surface area contributed by atoms with E-state index >= 15 is 0 Å². The summed E-state index contributed by atoms with van der Waals surface area (Å²) in [6, 6.07) is 28.7. The van der Waals surface area contributed by atoms with E-state index in [-0.39, 0.29) is 0 Å². The summed E-state index contributed by atoms with van der Waals surface area (Å²) >= 11 is 5.33. The number of ether oxygens (including phenoxy) is 6. The first-order chi connectivity index (χ1) is 23.0. The highest BCUT2D eigenvalue weighted by Crippen LogP contribution is 2.60. The van der Waals surface area contributed by atoms with Gasteiger partial charge in [-0.2, -0.15) is 0 Å². The second-order valence-corrected chi connectivity index (χ2v) is 13.6. The number of rotatable bonds is 10. The van der Waals surface area contributed by atoms with E-state index in [1.807, 2.05) is 47.7 Å². The van der Waals surface area contributed by atoms with E-state index in [2.05, 4.69) is 48.5 Å². The van der Waals surface area contributed by atoms with Gasteiger partial charge in [0.2, 0.25) is 0 Å². The average Bonchev–Trinajstić information content (AvgIpc) is 3.79. The highest BCUT2D eigenvalue weighted by atomic mass is 32.1. The molecule has 0 aliphatic heterocycles. The maximum atomic E-state index is 5.96. The van der Waals surface area contributed by atoms with Gasteiger partial charge >= 0.3 is 0 Å². The second kappa shape index (κ2) is 12.8. The van der Waals surface area contributed by atoms with Crippen LogP contribution in [-0.2, 0) is 0 Å². The van der Waals surface area contributed by atoms with Gasteiger partial charge in [-0.3, -0.25) is 0 Å². The zero-order valence-corrected chi connectivity index (χ0v) is 29.2. The molecule has 0 aliphatic rings. The van der Waals surface area contributed by atoms with Crippen molar-refractivity contribution in [2.24, 2.45) is 0 Å². The molecule has 238 valence electrons. The molecule has 0 aliphatic carbocycles. The molecule has 4 aromatic carbocycles. The highest BCUT2D eigenvalue weighted by Gasteiger charge is 2.30. The predicted molar refractivity (Wildman–Crippen MR) is 196 cm³/mol. The van der Waals surface area contributed by atoms with Gasteiger partial charge in [0, 0.05) is 35.4 Å². The number of thiophene rings is 3. The van der Waals surface area contributed by atoms with Crippen molar-refractivity contribution in [2.75, 3.05) is 42.7 Å². The molecule has 0 radical (unpaired) electrons. The molecule has 9 heteroatoms. The van der Waals surface area contributed by atoms with Crippen molar-refractivity contribution in [2.45, 2.75) is 0 Å². The molecule has 0 amide bonds. The average molecular weight is 681 g/mol. The summed E-state index contributed by atoms with van der Waals surface area (Å²) in [6.07, 6.45) is 0. The lowest BCUT2D eigenvalue weighted by atomic mass is 10.0. The van der Waals surface area contributed by atoms with Gasteiger partial charge in [-0.05, 0) is 11.1 Å². The summed E-state index contributed by atoms with van der Waals surface area (Å²) in [5, 5.41) is 0. The Kier molecular flexibility index (Phi) is 8.44. The Morgan fingerprint density at radius 3 is 1.00 bits per heavy atom. The fraction of sp³-hybridized carbons (Fsp3) is 0.158. The largest absolute Gasteiger partial charge is 0.496 e. The molecule has 3 heterocycles. The standard InChI is InChI=1S/C38H32O6S3/c1-39-23-17-25(41-3)31(26(18-23)42-4)33-29(21-13-9-7-10-14-21)35-37(45-33)38-36(47-35)30(22-15-11-8-12-16-22)34(46-38)32-27(43-5)19-24(40-2)20-28(32)44-6/h7-20H,1-6H3. The first-order valence-corrected chi connectivity index (χ1v) is 17.2. The fourth-order valence-corrected chi connectivity index (χ4v) is 10.7. The van der Waals surface area contributed by atoms with Crippen molar-refractivity contribution in [1.29, 1.82) is 0 Å². The third-order valence-electron chi connectivity index (χ3n) is 8.15. The molecule has 3 aromatic heterocycles. The van der Waals surface area contributed by atoms with Crippen molar-refractivity contribution < 1.29 is 28.4 Å². The molecule has 47 heavy (non-hydrogen) atoms. The van der Waals surface area contributed by atoms with Crippen LogP contribution in [-0.4, -0.2) is 42.7 Å². The van der Waals surface area contributed by atoms with Gasteiger partial charge in [-0.25, -0.2) is 0 Å². The number of methoxy groups -OCH3 is 6. The normalized spacial score (nSPS) is 11.2. The summed E-state index contributed by atoms with van der Waals surface area (Å²) in [4.78, 5) is 2.15. The van der Waals surface area contributed by atoms with Crippen LogP contribution in [0.5, 0.6) is 34.5 Å². The van der Waals surface area contributed by atoms with Gasteiger partial charge < -0.3 is 28.4 Å². The molecular weight excluding hydrogens is 649 g/mol. The van der Waals surface area contributed by atoms with Crippen molar-refractivity contribution >= 4 is 52.8 Å². The van der Waals surface area contributed by atoms with E-state index in [0.717, 1.165) is 43.1 Å². The SMILES string of the molecule is COc1cc(OC)c(-c2sc3c(sc4c(-c5ccccc5)c(-c5c(OC)cc(OC)cc5OC)sc43)c2-c2ccccc2)c(OC)c1. The van der Waals surface area contributed by atoms with E-state index in [1.165, 1.54) is 18.8 Å². The maximum absolute atomic E-state index is 5.96. The van der Waals surface area contributed by atoms with Crippen LogP contribution in [0, 0.1) is 0 Å². The molecule has 0 N–H and O–H groups in total. The minimum Gasteiger partial charge on any atom is -0.496 e. The van der Waals surface area contributed by atoms with Gasteiger partial charge in [0.1, 0.15) is 34.5 Å². The van der Waals surface area contributed by atoms with Crippen LogP contribution in [0.2, 0.25) is 0 Å². The first kappa shape index (κ1) is 30.9. The molecule has 0 bridgehead atoms. The highest BCUT2D eigenvalue weighted by molar-refractivity contribution is 7.41. The summed E-state index contributed by atoms with van der Waals surface area (Å²) in [5.41, 5.74) is 6.36. The van der Waals surface area contributed by atoms with Crippen LogP contribution in [0.25, 0.3) is 61.9 Å². The number of fused-ring (bicyclic) bond motifs is 3. The minimum atomic E-state index is 0.669. The summed E-state index contributed by atoms with van der Waals surface area (Å²) in [5.74, 6) is 4.09. The van der Waals surface area contributed by atoms with E-state index in [1.54, 1.807) is 65.3 Å². The Hall–Kier alpha value is -4.70. The van der Waals surface area contributed by atoms with Crippen molar-refractivity contribution in [3.8, 4) is 77.6 Å². The zero-order chi connectivity index (χ0) is 32.7. The van der Waals surface area contributed by atoms with E-state index in [4.69, 9.17) is 28.4 Å². The van der Waals surface area contributed by atoms with Gasteiger partial charge in [-0.1, -0.05) is 60.7 Å². The van der Waals surface area contributed by atoms with Crippen LogP contribution in [0.1, 0.15) is 0 Å². The lowest BCUT2D eigenvalue weighted by Gasteiger charge is -2.16. The van der Waals surface area contributed by atoms with Crippen LogP contribution in [0.4, 0.5) is 0 Å². The zero-order valence-electron chi connectivity index (χ0n) is 26.8. The molecule has 0 spiro atoms. The molecule has 6 nitrogen and oxygen atoms in total. The van der Waals surface area contributed by atoms with Crippen LogP contribution < -0.4 is 28.4 Å². The molecule has 0 unspecified atom stereocenters. The molecule has 7 aromatic rings. The molecule has 0 saturated carbocycles. The third-order valence-corrected chi connectivity index (χ3v) is 12.2. The Morgan fingerprint density at radius 1 is 0.362 bits per heavy atom. The van der Waals surface area contributed by atoms with Crippen molar-refractivity contribution in [3.63, 3.8) is 0 Å². The number of hydrogen-bond acceptors (Lipinski definition) is 9. The quantitative estimate of drug-likeness (QED) is 0.143. The van der Waals surface area contributed by atoms with E-state index < -0.39 is 0 Å². The number of hydrogen-bond donors (Lipinski definition) is 0. The van der Waals surface area contributed by atoms with Crippen molar-refractivity contribution in [3.05, 3.63) is 84.9 Å². The third kappa shape index (κ3) is 5.15. The van der Waals surface area contributed by atoms with Gasteiger partial charge in [-0.15, -0.1) is 34.0 Å². The lowest BCUT2D eigenvalue weighted by Crippen LogP contribution is -1.95. The van der Waals surface area contributed by atoms with E-state index in [0.29, 0.717) is 34.5 Å².